The summed E-state index contributed by atoms with van der Waals surface area (Å²) in [4.78, 5) is 24.1. The molecule has 0 spiro atoms. The van der Waals surface area contributed by atoms with Gasteiger partial charge >= 0.3 is 0 Å². The second-order valence-electron chi connectivity index (χ2n) is 6.58. The fraction of sp³-hybridized carbons (Fsp3) is 0.450. The number of rotatable bonds is 8. The van der Waals surface area contributed by atoms with Crippen LogP contribution in [0.25, 0.3) is 0 Å². The second kappa shape index (κ2) is 9.17. The Labute approximate surface area is 154 Å². The summed E-state index contributed by atoms with van der Waals surface area (Å²) in [6.45, 7) is 8.04. The molecule has 26 heavy (non-hydrogen) atoms. The number of hydrogen-bond donors (Lipinski definition) is 2. The van der Waals surface area contributed by atoms with Gasteiger partial charge in [-0.2, -0.15) is 0 Å². The first-order chi connectivity index (χ1) is 12.4. The molecular weight excluding hydrogens is 330 g/mol. The topological polar surface area (TPSA) is 84.2 Å². The minimum absolute atomic E-state index is 0.00754. The molecule has 1 heterocycles. The first-order valence-electron chi connectivity index (χ1n) is 8.99. The lowest BCUT2D eigenvalue weighted by molar-refractivity contribution is -0.121. The number of benzene rings is 1. The Morgan fingerprint density at radius 3 is 2.69 bits per heavy atom. The van der Waals surface area contributed by atoms with Crippen LogP contribution in [0.4, 0.5) is 5.69 Å². The lowest BCUT2D eigenvalue weighted by atomic mass is 10.1. The average Bonchev–Trinajstić information content (AvgIpc) is 2.95. The summed E-state index contributed by atoms with van der Waals surface area (Å²) in [7, 11) is 0. The van der Waals surface area contributed by atoms with E-state index in [2.05, 4.69) is 15.8 Å². The maximum atomic E-state index is 12.1. The number of carbonyl (C=O) groups excluding carboxylic acids is 2. The molecule has 1 unspecified atom stereocenters. The Morgan fingerprint density at radius 1 is 1.27 bits per heavy atom. The van der Waals surface area contributed by atoms with Gasteiger partial charge in [0.2, 0.25) is 11.8 Å². The summed E-state index contributed by atoms with van der Waals surface area (Å²) in [6, 6.07) is 7.53. The average molecular weight is 357 g/mol. The molecule has 0 aliphatic carbocycles. The highest BCUT2D eigenvalue weighted by Crippen LogP contribution is 2.15. The third-order valence-electron chi connectivity index (χ3n) is 4.53. The summed E-state index contributed by atoms with van der Waals surface area (Å²) >= 11 is 0. The van der Waals surface area contributed by atoms with Gasteiger partial charge in [-0.05, 0) is 44.4 Å². The Balaban J connectivity index is 1.84. The first kappa shape index (κ1) is 19.7. The van der Waals surface area contributed by atoms with Crippen LogP contribution in [0.5, 0.6) is 0 Å². The number of nitrogens with zero attached hydrogens (tertiary/aromatic N) is 1. The van der Waals surface area contributed by atoms with E-state index in [1.165, 1.54) is 0 Å². The fourth-order valence-corrected chi connectivity index (χ4v) is 2.60. The Bertz CT molecular complexity index is 748. The molecule has 0 aliphatic rings. The van der Waals surface area contributed by atoms with Gasteiger partial charge in [0.1, 0.15) is 5.76 Å². The molecule has 0 fully saturated rings. The van der Waals surface area contributed by atoms with Crippen LogP contribution in [0.2, 0.25) is 0 Å². The highest BCUT2D eigenvalue weighted by Gasteiger charge is 2.12. The molecule has 1 atom stereocenters. The SMILES string of the molecule is CCC(C)C(=O)Nc1cccc(CNC(=O)CCc2c(C)noc2C)c1. The fourth-order valence-electron chi connectivity index (χ4n) is 2.60. The maximum absolute atomic E-state index is 12.1. The lowest BCUT2D eigenvalue weighted by Gasteiger charge is -2.11. The van der Waals surface area contributed by atoms with E-state index in [0.717, 1.165) is 34.7 Å². The van der Waals surface area contributed by atoms with E-state index in [9.17, 15) is 9.59 Å². The number of carbonyl (C=O) groups is 2. The third-order valence-corrected chi connectivity index (χ3v) is 4.53. The van der Waals surface area contributed by atoms with E-state index in [0.29, 0.717) is 19.4 Å². The molecule has 0 saturated carbocycles. The molecule has 6 nitrogen and oxygen atoms in total. The zero-order chi connectivity index (χ0) is 19.1. The van der Waals surface area contributed by atoms with E-state index in [-0.39, 0.29) is 17.7 Å². The minimum Gasteiger partial charge on any atom is -0.361 e. The second-order valence-corrected chi connectivity index (χ2v) is 6.58. The summed E-state index contributed by atoms with van der Waals surface area (Å²) in [5, 5.41) is 9.72. The summed E-state index contributed by atoms with van der Waals surface area (Å²) in [5.41, 5.74) is 3.52. The smallest absolute Gasteiger partial charge is 0.227 e. The van der Waals surface area contributed by atoms with Crippen molar-refractivity contribution >= 4 is 17.5 Å². The van der Waals surface area contributed by atoms with Crippen LogP contribution in [-0.4, -0.2) is 17.0 Å². The number of aromatic nitrogens is 1. The Kier molecular flexibility index (Phi) is 6.95. The van der Waals surface area contributed by atoms with E-state index in [4.69, 9.17) is 4.52 Å². The molecule has 2 rings (SSSR count). The van der Waals surface area contributed by atoms with Crippen molar-refractivity contribution in [2.24, 2.45) is 5.92 Å². The molecule has 2 aromatic rings. The van der Waals surface area contributed by atoms with E-state index >= 15 is 0 Å². The van der Waals surface area contributed by atoms with Crippen molar-refractivity contribution in [2.45, 2.75) is 53.5 Å². The molecule has 1 aromatic carbocycles. The van der Waals surface area contributed by atoms with Gasteiger partial charge in [0.15, 0.2) is 0 Å². The quantitative estimate of drug-likeness (QED) is 0.757. The Morgan fingerprint density at radius 2 is 2.04 bits per heavy atom. The molecule has 2 N–H and O–H groups in total. The van der Waals surface area contributed by atoms with Crippen LogP contribution in [-0.2, 0) is 22.6 Å². The van der Waals surface area contributed by atoms with Gasteiger partial charge in [0.25, 0.3) is 0 Å². The molecule has 6 heteroatoms. The van der Waals surface area contributed by atoms with Crippen LogP contribution in [0.3, 0.4) is 0 Å². The molecule has 0 saturated heterocycles. The van der Waals surface area contributed by atoms with E-state index in [1.807, 2.05) is 52.0 Å². The molecule has 0 aliphatic heterocycles. The van der Waals surface area contributed by atoms with Crippen molar-refractivity contribution in [3.63, 3.8) is 0 Å². The molecule has 1 aromatic heterocycles. The predicted octanol–water partition coefficient (Wildman–Crippen LogP) is 3.53. The predicted molar refractivity (Wildman–Crippen MR) is 101 cm³/mol. The van der Waals surface area contributed by atoms with Crippen molar-refractivity contribution in [3.05, 3.63) is 46.8 Å². The summed E-state index contributed by atoms with van der Waals surface area (Å²) < 4.78 is 5.11. The van der Waals surface area contributed by atoms with Crippen molar-refractivity contribution in [1.29, 1.82) is 0 Å². The normalized spacial score (nSPS) is 11.8. The number of amides is 2. The van der Waals surface area contributed by atoms with Crippen LogP contribution in [0.15, 0.2) is 28.8 Å². The van der Waals surface area contributed by atoms with Gasteiger partial charge in [-0.15, -0.1) is 0 Å². The van der Waals surface area contributed by atoms with Crippen molar-refractivity contribution in [2.75, 3.05) is 5.32 Å². The zero-order valence-electron chi connectivity index (χ0n) is 15.9. The van der Waals surface area contributed by atoms with Crippen LogP contribution in [0, 0.1) is 19.8 Å². The lowest BCUT2D eigenvalue weighted by Crippen LogP contribution is -2.23. The summed E-state index contributed by atoms with van der Waals surface area (Å²) in [6.07, 6.45) is 1.79. The van der Waals surface area contributed by atoms with Gasteiger partial charge < -0.3 is 15.2 Å². The Hall–Kier alpha value is -2.63. The van der Waals surface area contributed by atoms with Gasteiger partial charge in [0, 0.05) is 30.1 Å². The number of anilines is 1. The number of aryl methyl sites for hydroxylation is 2. The molecular formula is C20H27N3O3. The van der Waals surface area contributed by atoms with Crippen molar-refractivity contribution in [1.82, 2.24) is 10.5 Å². The van der Waals surface area contributed by atoms with Crippen molar-refractivity contribution < 1.29 is 14.1 Å². The van der Waals surface area contributed by atoms with Crippen LogP contribution < -0.4 is 10.6 Å². The van der Waals surface area contributed by atoms with Gasteiger partial charge in [0.05, 0.1) is 5.69 Å². The first-order valence-corrected chi connectivity index (χ1v) is 8.99. The molecule has 140 valence electrons. The molecule has 0 radical (unpaired) electrons. The van der Waals surface area contributed by atoms with Gasteiger partial charge in [-0.3, -0.25) is 9.59 Å². The monoisotopic (exact) mass is 357 g/mol. The van der Waals surface area contributed by atoms with Crippen molar-refractivity contribution in [3.8, 4) is 0 Å². The molecule has 2 amide bonds. The van der Waals surface area contributed by atoms with E-state index in [1.54, 1.807) is 0 Å². The zero-order valence-corrected chi connectivity index (χ0v) is 15.9. The highest BCUT2D eigenvalue weighted by atomic mass is 16.5. The number of hydrogen-bond acceptors (Lipinski definition) is 4. The third kappa shape index (κ3) is 5.44. The largest absolute Gasteiger partial charge is 0.361 e. The minimum atomic E-state index is -0.0287. The molecule has 0 bridgehead atoms. The van der Waals surface area contributed by atoms with Gasteiger partial charge in [-0.25, -0.2) is 0 Å². The summed E-state index contributed by atoms with van der Waals surface area (Å²) in [5.74, 6) is 0.718. The standard InChI is InChI=1S/C20H27N3O3/c1-5-13(2)20(25)22-17-8-6-7-16(11-17)12-21-19(24)10-9-18-14(3)23-26-15(18)4/h6-8,11,13H,5,9-10,12H2,1-4H3,(H,21,24)(H,22,25). The van der Waals surface area contributed by atoms with Crippen LogP contribution in [0.1, 0.15) is 49.3 Å². The highest BCUT2D eigenvalue weighted by molar-refractivity contribution is 5.92. The number of nitrogens with one attached hydrogen (secondary N) is 2. The maximum Gasteiger partial charge on any atom is 0.227 e. The van der Waals surface area contributed by atoms with Gasteiger partial charge in [-0.1, -0.05) is 31.1 Å². The van der Waals surface area contributed by atoms with Crippen LogP contribution >= 0.6 is 0 Å². The van der Waals surface area contributed by atoms with E-state index < -0.39 is 0 Å².